The van der Waals surface area contributed by atoms with E-state index in [0.29, 0.717) is 24.7 Å². The topological polar surface area (TPSA) is 78.5 Å². The first-order valence-electron chi connectivity index (χ1n) is 11.7. The van der Waals surface area contributed by atoms with E-state index in [-0.39, 0.29) is 27.4 Å². The van der Waals surface area contributed by atoms with Crippen LogP contribution in [-0.2, 0) is 10.0 Å². The minimum absolute atomic E-state index is 0.0217. The van der Waals surface area contributed by atoms with E-state index in [9.17, 15) is 13.2 Å². The van der Waals surface area contributed by atoms with E-state index in [0.717, 1.165) is 49.9 Å². The van der Waals surface area contributed by atoms with Crippen LogP contribution >= 0.6 is 23.2 Å². The van der Waals surface area contributed by atoms with E-state index in [4.69, 9.17) is 23.2 Å². The third-order valence-electron chi connectivity index (χ3n) is 7.96. The van der Waals surface area contributed by atoms with Gasteiger partial charge in [0.05, 0.1) is 5.02 Å². The van der Waals surface area contributed by atoms with Crippen LogP contribution in [-0.4, -0.2) is 43.9 Å². The predicted octanol–water partition coefficient (Wildman–Crippen LogP) is 4.66. The van der Waals surface area contributed by atoms with Crippen molar-refractivity contribution in [2.24, 2.45) is 23.7 Å². The molecule has 1 saturated heterocycles. The number of sulfonamides is 1. The third kappa shape index (κ3) is 4.50. The Bertz CT molecular complexity index is 965. The summed E-state index contributed by atoms with van der Waals surface area (Å²) in [5.74, 6) is 2.40. The normalized spacial score (nSPS) is 34.4. The number of carbonyl (C=O) groups is 1. The molecule has 1 atom stereocenters. The Balaban J connectivity index is 1.17. The van der Waals surface area contributed by atoms with Gasteiger partial charge in [0.25, 0.3) is 0 Å². The summed E-state index contributed by atoms with van der Waals surface area (Å²) in [6.45, 7) is 1.30. The maximum absolute atomic E-state index is 13.1. The largest absolute Gasteiger partial charge is 0.338 e. The molecule has 0 aromatic heterocycles. The van der Waals surface area contributed by atoms with Gasteiger partial charge in [-0.3, -0.25) is 0 Å². The zero-order valence-corrected chi connectivity index (χ0v) is 20.5. The molecular formula is C23H31Cl2N3O3S. The highest BCUT2D eigenvalue weighted by molar-refractivity contribution is 7.89. The van der Waals surface area contributed by atoms with E-state index in [1.807, 2.05) is 0 Å². The van der Waals surface area contributed by atoms with Gasteiger partial charge in [-0.05, 0) is 93.2 Å². The van der Waals surface area contributed by atoms with Crippen molar-refractivity contribution in [3.63, 3.8) is 0 Å². The van der Waals surface area contributed by atoms with Gasteiger partial charge in [-0.2, -0.15) is 4.31 Å². The average Bonchev–Trinajstić information content (AvgIpc) is 2.71. The Morgan fingerprint density at radius 2 is 1.75 bits per heavy atom. The number of hydrogen-bond acceptors (Lipinski definition) is 3. The molecule has 1 aliphatic heterocycles. The smallest absolute Gasteiger partial charge is 0.315 e. The minimum Gasteiger partial charge on any atom is -0.338 e. The molecule has 4 bridgehead atoms. The van der Waals surface area contributed by atoms with Crippen molar-refractivity contribution in [2.45, 2.75) is 61.8 Å². The zero-order chi connectivity index (χ0) is 22.5. The number of carbonyl (C=O) groups excluding carboxylic acids is 1. The SMILES string of the molecule is O=C(NCC1CCCN(S(=O)(=O)c2ccc(Cl)cc2Cl)C1)NC12CC3CC(CC(C3)C1)C2. The second kappa shape index (κ2) is 8.64. The van der Waals surface area contributed by atoms with Gasteiger partial charge in [0.2, 0.25) is 10.0 Å². The molecule has 32 heavy (non-hydrogen) atoms. The standard InChI is InChI=1S/C23H31Cl2N3O3S/c24-19-3-4-21(20(25)9-19)32(30,31)28-5-1-2-15(14-28)13-26-22(29)27-23-10-16-6-17(11-23)8-18(7-16)12-23/h3-4,9,15-18H,1-2,5-8,10-14H2,(H2,26,27,29). The molecule has 4 saturated carbocycles. The molecule has 9 heteroatoms. The van der Waals surface area contributed by atoms with Crippen molar-refractivity contribution in [2.75, 3.05) is 19.6 Å². The molecule has 5 fully saturated rings. The van der Waals surface area contributed by atoms with Gasteiger partial charge in [-0.15, -0.1) is 0 Å². The molecule has 1 unspecified atom stereocenters. The van der Waals surface area contributed by atoms with E-state index in [2.05, 4.69) is 10.6 Å². The zero-order valence-electron chi connectivity index (χ0n) is 18.2. The number of benzene rings is 1. The Kier molecular flexibility index (Phi) is 6.14. The summed E-state index contributed by atoms with van der Waals surface area (Å²) in [6.07, 6.45) is 9.01. The first-order valence-corrected chi connectivity index (χ1v) is 13.9. The maximum Gasteiger partial charge on any atom is 0.315 e. The van der Waals surface area contributed by atoms with Crippen LogP contribution in [0.5, 0.6) is 0 Å². The molecule has 5 aliphatic rings. The molecule has 6 nitrogen and oxygen atoms in total. The minimum atomic E-state index is -3.70. The molecule has 2 N–H and O–H groups in total. The number of hydrogen-bond donors (Lipinski definition) is 2. The second-order valence-corrected chi connectivity index (χ2v) is 13.2. The number of amides is 2. The van der Waals surface area contributed by atoms with Crippen LogP contribution in [0, 0.1) is 23.7 Å². The summed E-state index contributed by atoms with van der Waals surface area (Å²) in [5, 5.41) is 6.91. The fraction of sp³-hybridized carbons (Fsp3) is 0.696. The fourth-order valence-electron chi connectivity index (χ4n) is 7.02. The quantitative estimate of drug-likeness (QED) is 0.617. The summed E-state index contributed by atoms with van der Waals surface area (Å²) in [4.78, 5) is 12.8. The molecule has 4 aliphatic carbocycles. The molecule has 0 spiro atoms. The van der Waals surface area contributed by atoms with Crippen molar-refractivity contribution in [3.05, 3.63) is 28.2 Å². The van der Waals surface area contributed by atoms with Crippen molar-refractivity contribution < 1.29 is 13.2 Å². The van der Waals surface area contributed by atoms with Gasteiger partial charge in [-0.25, -0.2) is 13.2 Å². The van der Waals surface area contributed by atoms with Crippen molar-refractivity contribution in [1.29, 1.82) is 0 Å². The number of rotatable bonds is 5. The molecule has 1 aromatic rings. The monoisotopic (exact) mass is 499 g/mol. The Morgan fingerprint density at radius 1 is 1.09 bits per heavy atom. The van der Waals surface area contributed by atoms with Gasteiger partial charge in [0, 0.05) is 30.2 Å². The lowest BCUT2D eigenvalue weighted by Gasteiger charge is -2.56. The number of halogens is 2. The number of piperidine rings is 1. The van der Waals surface area contributed by atoms with Gasteiger partial charge in [0.1, 0.15) is 4.90 Å². The Hall–Kier alpha value is -1.02. The average molecular weight is 500 g/mol. The number of nitrogens with zero attached hydrogens (tertiary/aromatic N) is 1. The van der Waals surface area contributed by atoms with Gasteiger partial charge >= 0.3 is 6.03 Å². The summed E-state index contributed by atoms with van der Waals surface area (Å²) in [6, 6.07) is 4.35. The van der Waals surface area contributed by atoms with E-state index < -0.39 is 10.0 Å². The summed E-state index contributed by atoms with van der Waals surface area (Å²) >= 11 is 12.1. The molecule has 0 radical (unpaired) electrons. The van der Waals surface area contributed by atoms with Crippen LogP contribution in [0.3, 0.4) is 0 Å². The first-order chi connectivity index (χ1) is 15.2. The lowest BCUT2D eigenvalue weighted by Crippen LogP contribution is -2.61. The third-order valence-corrected chi connectivity index (χ3v) is 10.5. The van der Waals surface area contributed by atoms with Crippen molar-refractivity contribution in [1.82, 2.24) is 14.9 Å². The lowest BCUT2D eigenvalue weighted by atomic mass is 9.53. The van der Waals surface area contributed by atoms with Crippen LogP contribution in [0.2, 0.25) is 10.0 Å². The van der Waals surface area contributed by atoms with Gasteiger partial charge in [-0.1, -0.05) is 23.2 Å². The summed E-state index contributed by atoms with van der Waals surface area (Å²) in [5.41, 5.74) is -0.0217. The highest BCUT2D eigenvalue weighted by Crippen LogP contribution is 2.55. The van der Waals surface area contributed by atoms with Crippen molar-refractivity contribution >= 4 is 39.3 Å². The Labute approximate surface area is 200 Å². The molecule has 2 amide bonds. The van der Waals surface area contributed by atoms with E-state index >= 15 is 0 Å². The molecule has 1 heterocycles. The molecule has 6 rings (SSSR count). The second-order valence-electron chi connectivity index (χ2n) is 10.5. The van der Waals surface area contributed by atoms with Crippen LogP contribution in [0.15, 0.2) is 23.1 Å². The maximum atomic E-state index is 13.1. The van der Waals surface area contributed by atoms with Crippen LogP contribution in [0.1, 0.15) is 51.4 Å². The van der Waals surface area contributed by atoms with Crippen LogP contribution < -0.4 is 10.6 Å². The molecular weight excluding hydrogens is 469 g/mol. The summed E-state index contributed by atoms with van der Waals surface area (Å²) in [7, 11) is -3.70. The lowest BCUT2D eigenvalue weighted by molar-refractivity contribution is -0.0135. The van der Waals surface area contributed by atoms with E-state index in [1.165, 1.54) is 41.8 Å². The highest BCUT2D eigenvalue weighted by Gasteiger charge is 2.51. The Morgan fingerprint density at radius 3 is 2.38 bits per heavy atom. The van der Waals surface area contributed by atoms with Gasteiger partial charge < -0.3 is 10.6 Å². The van der Waals surface area contributed by atoms with Gasteiger partial charge in [0.15, 0.2) is 0 Å². The molecule has 176 valence electrons. The number of nitrogens with one attached hydrogen (secondary N) is 2. The van der Waals surface area contributed by atoms with Crippen LogP contribution in [0.25, 0.3) is 0 Å². The first kappa shape index (κ1) is 22.8. The predicted molar refractivity (Wildman–Crippen MR) is 125 cm³/mol. The van der Waals surface area contributed by atoms with Crippen molar-refractivity contribution in [3.8, 4) is 0 Å². The molecule has 1 aromatic carbocycles. The summed E-state index contributed by atoms with van der Waals surface area (Å²) < 4.78 is 27.7. The highest BCUT2D eigenvalue weighted by atomic mass is 35.5. The van der Waals surface area contributed by atoms with E-state index in [1.54, 1.807) is 0 Å². The number of urea groups is 1. The fourth-order valence-corrected chi connectivity index (χ4v) is 9.32. The van der Waals surface area contributed by atoms with Crippen LogP contribution in [0.4, 0.5) is 4.79 Å².